The van der Waals surface area contributed by atoms with E-state index in [1.807, 2.05) is 36.5 Å². The van der Waals surface area contributed by atoms with Crippen molar-refractivity contribution in [2.45, 2.75) is 6.54 Å². The number of nitrogens with zero attached hydrogens (tertiary/aromatic N) is 3. The lowest BCUT2D eigenvalue weighted by molar-refractivity contribution is 0.304. The highest BCUT2D eigenvalue weighted by Crippen LogP contribution is 2.17. The number of ether oxygens (including phenoxy) is 1. The van der Waals surface area contributed by atoms with Gasteiger partial charge in [-0.25, -0.2) is 13.5 Å². The van der Waals surface area contributed by atoms with Gasteiger partial charge in [-0.15, -0.1) is 24.0 Å². The van der Waals surface area contributed by atoms with Crippen molar-refractivity contribution >= 4 is 29.9 Å². The molecule has 9 heteroatoms. The molecular formula is C20H22F2IN5O. The van der Waals surface area contributed by atoms with Crippen molar-refractivity contribution < 1.29 is 13.5 Å². The lowest BCUT2D eigenvalue weighted by atomic mass is 10.2. The van der Waals surface area contributed by atoms with Crippen molar-refractivity contribution in [1.29, 1.82) is 0 Å². The number of hydrogen-bond donors (Lipinski definition) is 2. The monoisotopic (exact) mass is 513 g/mol. The van der Waals surface area contributed by atoms with E-state index in [4.69, 9.17) is 4.74 Å². The Morgan fingerprint density at radius 1 is 1.14 bits per heavy atom. The van der Waals surface area contributed by atoms with Gasteiger partial charge in [0, 0.05) is 32.1 Å². The van der Waals surface area contributed by atoms with E-state index in [1.54, 1.807) is 17.9 Å². The first-order valence-electron chi connectivity index (χ1n) is 8.77. The summed E-state index contributed by atoms with van der Waals surface area (Å²) in [5.74, 6) is -0.752. The van der Waals surface area contributed by atoms with Crippen LogP contribution in [0.5, 0.6) is 5.75 Å². The molecule has 29 heavy (non-hydrogen) atoms. The van der Waals surface area contributed by atoms with Crippen molar-refractivity contribution in [2.24, 2.45) is 4.99 Å². The maximum absolute atomic E-state index is 13.5. The Hall–Kier alpha value is -2.69. The van der Waals surface area contributed by atoms with Crippen LogP contribution in [0.2, 0.25) is 0 Å². The number of aliphatic imine (C=N–C) groups is 1. The quantitative estimate of drug-likeness (QED) is 0.220. The SMILES string of the molecule is CN=C(NCCOc1ccc(F)cc1F)NCc1cccc(-n2cccn2)c1.I. The number of aromatic nitrogens is 2. The molecule has 0 radical (unpaired) electrons. The number of rotatable bonds is 7. The third-order valence-corrected chi connectivity index (χ3v) is 3.91. The lowest BCUT2D eigenvalue weighted by Gasteiger charge is -2.13. The molecule has 0 unspecified atom stereocenters. The van der Waals surface area contributed by atoms with Crippen LogP contribution in [0.3, 0.4) is 0 Å². The largest absolute Gasteiger partial charge is 0.489 e. The Morgan fingerprint density at radius 2 is 2.00 bits per heavy atom. The highest BCUT2D eigenvalue weighted by Gasteiger charge is 2.05. The smallest absolute Gasteiger partial charge is 0.191 e. The van der Waals surface area contributed by atoms with Crippen LogP contribution >= 0.6 is 24.0 Å². The summed E-state index contributed by atoms with van der Waals surface area (Å²) in [7, 11) is 1.66. The summed E-state index contributed by atoms with van der Waals surface area (Å²) < 4.78 is 33.5. The van der Waals surface area contributed by atoms with Gasteiger partial charge in [-0.2, -0.15) is 5.10 Å². The lowest BCUT2D eigenvalue weighted by Crippen LogP contribution is -2.38. The molecule has 0 bridgehead atoms. The highest BCUT2D eigenvalue weighted by atomic mass is 127. The minimum absolute atomic E-state index is 0. The van der Waals surface area contributed by atoms with Crippen LogP contribution in [-0.2, 0) is 6.54 Å². The number of hydrogen-bond acceptors (Lipinski definition) is 3. The first-order chi connectivity index (χ1) is 13.7. The molecule has 3 rings (SSSR count). The van der Waals surface area contributed by atoms with Gasteiger partial charge in [-0.05, 0) is 35.9 Å². The van der Waals surface area contributed by atoms with E-state index in [9.17, 15) is 8.78 Å². The number of benzene rings is 2. The van der Waals surface area contributed by atoms with Gasteiger partial charge in [0.25, 0.3) is 0 Å². The molecule has 0 fully saturated rings. The molecule has 0 aliphatic rings. The average Bonchev–Trinajstić information content (AvgIpc) is 3.24. The van der Waals surface area contributed by atoms with Crippen LogP contribution in [0.1, 0.15) is 5.56 Å². The third kappa shape index (κ3) is 6.70. The summed E-state index contributed by atoms with van der Waals surface area (Å²) in [5.41, 5.74) is 2.04. The Bertz CT molecular complexity index is 934. The molecule has 0 aliphatic heterocycles. The van der Waals surface area contributed by atoms with Crippen LogP contribution in [0.25, 0.3) is 5.69 Å². The summed E-state index contributed by atoms with van der Waals surface area (Å²) in [6, 6.07) is 13.1. The van der Waals surface area contributed by atoms with E-state index in [0.717, 1.165) is 23.4 Å². The topological polar surface area (TPSA) is 63.5 Å². The van der Waals surface area contributed by atoms with E-state index >= 15 is 0 Å². The van der Waals surface area contributed by atoms with E-state index in [1.165, 1.54) is 6.07 Å². The minimum Gasteiger partial charge on any atom is -0.489 e. The molecule has 0 saturated heterocycles. The van der Waals surface area contributed by atoms with Gasteiger partial charge in [0.05, 0.1) is 12.2 Å². The summed E-state index contributed by atoms with van der Waals surface area (Å²) in [6.45, 7) is 1.18. The molecule has 0 amide bonds. The predicted molar refractivity (Wildman–Crippen MR) is 119 cm³/mol. The van der Waals surface area contributed by atoms with Crippen LogP contribution in [0.4, 0.5) is 8.78 Å². The zero-order valence-electron chi connectivity index (χ0n) is 15.8. The fraction of sp³-hybridized carbons (Fsp3) is 0.200. The first-order valence-corrected chi connectivity index (χ1v) is 8.77. The maximum Gasteiger partial charge on any atom is 0.191 e. The van der Waals surface area contributed by atoms with Gasteiger partial charge in [-0.1, -0.05) is 12.1 Å². The standard InChI is InChI=1S/C20H21F2N5O.HI/c1-23-20(24-9-11-28-19-7-6-16(21)13-18(19)22)25-14-15-4-2-5-17(12-15)27-10-3-8-26-27;/h2-8,10,12-13H,9,11,14H2,1H3,(H2,23,24,25);1H. The fourth-order valence-electron chi connectivity index (χ4n) is 2.56. The molecule has 6 nitrogen and oxygen atoms in total. The maximum atomic E-state index is 13.5. The molecule has 2 aromatic carbocycles. The Morgan fingerprint density at radius 3 is 2.72 bits per heavy atom. The van der Waals surface area contributed by atoms with Crippen molar-refractivity contribution in [3.8, 4) is 11.4 Å². The van der Waals surface area contributed by atoms with Crippen molar-refractivity contribution in [1.82, 2.24) is 20.4 Å². The average molecular weight is 513 g/mol. The van der Waals surface area contributed by atoms with E-state index in [0.29, 0.717) is 19.0 Å². The molecule has 0 saturated carbocycles. The van der Waals surface area contributed by atoms with Crippen molar-refractivity contribution in [3.05, 3.63) is 78.1 Å². The zero-order chi connectivity index (χ0) is 19.8. The van der Waals surface area contributed by atoms with E-state index in [2.05, 4.69) is 20.7 Å². The zero-order valence-corrected chi connectivity index (χ0v) is 18.1. The van der Waals surface area contributed by atoms with Gasteiger partial charge < -0.3 is 15.4 Å². The van der Waals surface area contributed by atoms with E-state index in [-0.39, 0.29) is 36.3 Å². The van der Waals surface area contributed by atoms with Gasteiger partial charge >= 0.3 is 0 Å². The van der Waals surface area contributed by atoms with Crippen LogP contribution in [-0.4, -0.2) is 35.9 Å². The molecular weight excluding hydrogens is 491 g/mol. The molecule has 0 spiro atoms. The third-order valence-electron chi connectivity index (χ3n) is 3.91. The van der Waals surface area contributed by atoms with Gasteiger partial charge in [0.2, 0.25) is 0 Å². The van der Waals surface area contributed by atoms with Crippen molar-refractivity contribution in [3.63, 3.8) is 0 Å². The van der Waals surface area contributed by atoms with Gasteiger partial charge in [0.1, 0.15) is 12.4 Å². The van der Waals surface area contributed by atoms with Crippen molar-refractivity contribution in [2.75, 3.05) is 20.2 Å². The Balaban J connectivity index is 0.00000300. The summed E-state index contributed by atoms with van der Waals surface area (Å²) in [6.07, 6.45) is 3.62. The number of nitrogens with one attached hydrogen (secondary N) is 2. The summed E-state index contributed by atoms with van der Waals surface area (Å²) >= 11 is 0. The summed E-state index contributed by atoms with van der Waals surface area (Å²) in [4.78, 5) is 4.15. The van der Waals surface area contributed by atoms with Crippen LogP contribution in [0, 0.1) is 11.6 Å². The molecule has 2 N–H and O–H groups in total. The second-order valence-electron chi connectivity index (χ2n) is 5.90. The fourth-order valence-corrected chi connectivity index (χ4v) is 2.56. The molecule has 3 aromatic rings. The molecule has 154 valence electrons. The molecule has 0 atom stereocenters. The highest BCUT2D eigenvalue weighted by molar-refractivity contribution is 14.0. The predicted octanol–water partition coefficient (Wildman–Crippen LogP) is 3.51. The summed E-state index contributed by atoms with van der Waals surface area (Å²) in [5, 5.41) is 10.5. The second-order valence-corrected chi connectivity index (χ2v) is 5.90. The Labute approximate surface area is 185 Å². The number of halogens is 3. The molecule has 0 aliphatic carbocycles. The van der Waals surface area contributed by atoms with Crippen LogP contribution in [0.15, 0.2) is 65.9 Å². The van der Waals surface area contributed by atoms with Gasteiger partial charge in [-0.3, -0.25) is 4.99 Å². The second kappa shape index (κ2) is 11.3. The van der Waals surface area contributed by atoms with Crippen LogP contribution < -0.4 is 15.4 Å². The first kappa shape index (κ1) is 22.6. The molecule has 1 heterocycles. The Kier molecular flexibility index (Phi) is 8.84. The normalized spacial score (nSPS) is 10.9. The van der Waals surface area contributed by atoms with Gasteiger partial charge in [0.15, 0.2) is 17.5 Å². The number of guanidine groups is 1. The molecule has 1 aromatic heterocycles. The van der Waals surface area contributed by atoms with E-state index < -0.39 is 11.6 Å². The minimum atomic E-state index is -0.723.